The summed E-state index contributed by atoms with van der Waals surface area (Å²) in [6, 6.07) is 4.46. The molecule has 2 rings (SSSR count). The largest absolute Gasteiger partial charge is 0.336 e. The van der Waals surface area contributed by atoms with Crippen LogP contribution in [0.25, 0.3) is 0 Å². The van der Waals surface area contributed by atoms with Gasteiger partial charge in [0.1, 0.15) is 11.9 Å². The summed E-state index contributed by atoms with van der Waals surface area (Å²) < 4.78 is 2.09. The molecule has 20 heavy (non-hydrogen) atoms. The van der Waals surface area contributed by atoms with Crippen molar-refractivity contribution in [3.05, 3.63) is 40.6 Å². The number of hydrogen-bond donors (Lipinski definition) is 1. The summed E-state index contributed by atoms with van der Waals surface area (Å²) in [5.41, 5.74) is 0. The van der Waals surface area contributed by atoms with E-state index in [0.29, 0.717) is 0 Å². The van der Waals surface area contributed by atoms with Gasteiger partial charge in [0.25, 0.3) is 0 Å². The van der Waals surface area contributed by atoms with Crippen LogP contribution in [-0.4, -0.2) is 40.6 Å². The zero-order valence-electron chi connectivity index (χ0n) is 12.5. The lowest BCUT2D eigenvalue weighted by Crippen LogP contribution is -2.34. The van der Waals surface area contributed by atoms with Crippen LogP contribution < -0.4 is 5.32 Å². The second-order valence-electron chi connectivity index (χ2n) is 4.83. The Morgan fingerprint density at radius 2 is 2.20 bits per heavy atom. The van der Waals surface area contributed by atoms with Gasteiger partial charge in [-0.15, -0.1) is 11.3 Å². The van der Waals surface area contributed by atoms with Gasteiger partial charge in [-0.05, 0) is 24.5 Å². The van der Waals surface area contributed by atoms with Gasteiger partial charge in [0.15, 0.2) is 0 Å². The van der Waals surface area contributed by atoms with E-state index in [1.807, 2.05) is 12.4 Å². The van der Waals surface area contributed by atoms with E-state index in [-0.39, 0.29) is 6.04 Å². The van der Waals surface area contributed by atoms with Gasteiger partial charge >= 0.3 is 0 Å². The normalized spacial score (nSPS) is 13.0. The fourth-order valence-corrected chi connectivity index (χ4v) is 3.13. The number of likely N-dealkylation sites (N-methyl/N-ethyl adjacent to an activating group) is 1. The minimum atomic E-state index is 0.186. The predicted octanol–water partition coefficient (Wildman–Crippen LogP) is 2.50. The first-order valence-electron chi connectivity index (χ1n) is 7.22. The smallest absolute Gasteiger partial charge is 0.131 e. The minimum absolute atomic E-state index is 0.186. The third kappa shape index (κ3) is 3.69. The number of aromatic nitrogens is 2. The molecule has 0 aromatic carbocycles. The molecule has 2 aromatic rings. The lowest BCUT2D eigenvalue weighted by atomic mass is 10.2. The maximum atomic E-state index is 4.50. The molecule has 0 aliphatic rings. The molecular formula is C15H24N4S. The van der Waals surface area contributed by atoms with Crippen LogP contribution in [0.15, 0.2) is 29.9 Å². The molecule has 0 aliphatic carbocycles. The molecule has 2 heterocycles. The molecule has 2 aromatic heterocycles. The number of nitrogens with zero attached hydrogens (tertiary/aromatic N) is 3. The second kappa shape index (κ2) is 7.57. The van der Waals surface area contributed by atoms with Crippen molar-refractivity contribution < 1.29 is 0 Å². The van der Waals surface area contributed by atoms with Gasteiger partial charge in [-0.3, -0.25) is 0 Å². The summed E-state index contributed by atoms with van der Waals surface area (Å²) in [6.45, 7) is 8.66. The van der Waals surface area contributed by atoms with E-state index in [0.717, 1.165) is 32.0 Å². The molecular weight excluding hydrogens is 268 g/mol. The molecule has 0 amide bonds. The first kappa shape index (κ1) is 15.2. The quantitative estimate of drug-likeness (QED) is 0.811. The van der Waals surface area contributed by atoms with Crippen molar-refractivity contribution in [2.24, 2.45) is 7.05 Å². The molecule has 0 spiro atoms. The van der Waals surface area contributed by atoms with Gasteiger partial charge in [0.2, 0.25) is 0 Å². The summed E-state index contributed by atoms with van der Waals surface area (Å²) in [5.74, 6) is 1.08. The Balaban J connectivity index is 2.03. The van der Waals surface area contributed by atoms with Gasteiger partial charge in [-0.1, -0.05) is 19.9 Å². The zero-order chi connectivity index (χ0) is 14.4. The van der Waals surface area contributed by atoms with Crippen LogP contribution in [0.2, 0.25) is 0 Å². The maximum absolute atomic E-state index is 4.50. The fourth-order valence-electron chi connectivity index (χ4n) is 2.34. The first-order chi connectivity index (χ1) is 9.76. The van der Waals surface area contributed by atoms with Crippen molar-refractivity contribution in [1.29, 1.82) is 0 Å². The third-order valence-electron chi connectivity index (χ3n) is 3.62. The molecule has 1 atom stereocenters. The highest BCUT2D eigenvalue weighted by molar-refractivity contribution is 7.10. The van der Waals surface area contributed by atoms with E-state index >= 15 is 0 Å². The van der Waals surface area contributed by atoms with Crippen molar-refractivity contribution in [3.8, 4) is 0 Å². The fraction of sp³-hybridized carbons (Fsp3) is 0.533. The Hall–Kier alpha value is -1.17. The lowest BCUT2D eigenvalue weighted by Gasteiger charge is -2.21. The average Bonchev–Trinajstić information content (AvgIpc) is 3.11. The molecule has 4 nitrogen and oxygen atoms in total. The van der Waals surface area contributed by atoms with Crippen LogP contribution >= 0.6 is 11.3 Å². The van der Waals surface area contributed by atoms with Crippen molar-refractivity contribution >= 4 is 11.3 Å². The lowest BCUT2D eigenvalue weighted by molar-refractivity contribution is 0.298. The summed E-state index contributed by atoms with van der Waals surface area (Å²) in [7, 11) is 2.05. The highest BCUT2D eigenvalue weighted by Crippen LogP contribution is 2.24. The summed E-state index contributed by atoms with van der Waals surface area (Å²) >= 11 is 1.78. The highest BCUT2D eigenvalue weighted by Gasteiger charge is 2.18. The Bertz CT molecular complexity index is 488. The second-order valence-corrected chi connectivity index (χ2v) is 5.81. The molecule has 0 saturated carbocycles. The molecule has 0 aliphatic heterocycles. The summed E-state index contributed by atoms with van der Waals surface area (Å²) in [5, 5.41) is 5.77. The Morgan fingerprint density at radius 3 is 2.75 bits per heavy atom. The number of thiophene rings is 1. The Kier molecular flexibility index (Phi) is 5.76. The SMILES string of the molecule is CCN(CC)CCNC(c1cccs1)c1nccn1C. The topological polar surface area (TPSA) is 33.1 Å². The van der Waals surface area contributed by atoms with Crippen LogP contribution in [0.1, 0.15) is 30.6 Å². The van der Waals surface area contributed by atoms with Crippen LogP contribution in [0, 0.1) is 0 Å². The van der Waals surface area contributed by atoms with Gasteiger partial charge < -0.3 is 14.8 Å². The molecule has 1 unspecified atom stereocenters. The molecule has 0 radical (unpaired) electrons. The van der Waals surface area contributed by atoms with Crippen LogP contribution in [0.5, 0.6) is 0 Å². The van der Waals surface area contributed by atoms with Gasteiger partial charge in [-0.25, -0.2) is 4.98 Å². The predicted molar refractivity (Wildman–Crippen MR) is 85.2 cm³/mol. The van der Waals surface area contributed by atoms with E-state index in [1.54, 1.807) is 11.3 Å². The van der Waals surface area contributed by atoms with Crippen LogP contribution in [-0.2, 0) is 7.05 Å². The number of hydrogen-bond acceptors (Lipinski definition) is 4. The zero-order valence-corrected chi connectivity index (χ0v) is 13.4. The maximum Gasteiger partial charge on any atom is 0.131 e. The van der Waals surface area contributed by atoms with Crippen molar-refractivity contribution in [1.82, 2.24) is 19.8 Å². The van der Waals surface area contributed by atoms with Crippen molar-refractivity contribution in [2.45, 2.75) is 19.9 Å². The van der Waals surface area contributed by atoms with E-state index < -0.39 is 0 Å². The van der Waals surface area contributed by atoms with E-state index in [2.05, 4.69) is 58.2 Å². The van der Waals surface area contributed by atoms with Crippen molar-refractivity contribution in [2.75, 3.05) is 26.2 Å². The number of aryl methyl sites for hydroxylation is 1. The third-order valence-corrected chi connectivity index (χ3v) is 4.55. The minimum Gasteiger partial charge on any atom is -0.336 e. The van der Waals surface area contributed by atoms with Crippen LogP contribution in [0.3, 0.4) is 0 Å². The molecule has 0 saturated heterocycles. The number of rotatable bonds is 8. The van der Waals surface area contributed by atoms with E-state index in [1.165, 1.54) is 4.88 Å². The standard InChI is InChI=1S/C15H24N4S/c1-4-19(5-2)11-9-16-14(13-7-6-12-20-13)15-17-8-10-18(15)3/h6-8,10,12,14,16H,4-5,9,11H2,1-3H3. The molecule has 110 valence electrons. The van der Waals surface area contributed by atoms with Gasteiger partial charge in [0.05, 0.1) is 0 Å². The first-order valence-corrected chi connectivity index (χ1v) is 8.10. The van der Waals surface area contributed by atoms with Crippen molar-refractivity contribution in [3.63, 3.8) is 0 Å². The summed E-state index contributed by atoms with van der Waals surface area (Å²) in [4.78, 5) is 8.25. The average molecular weight is 292 g/mol. The molecule has 1 N–H and O–H groups in total. The molecule has 0 bridgehead atoms. The van der Waals surface area contributed by atoms with Gasteiger partial charge in [0, 0.05) is 37.4 Å². The van der Waals surface area contributed by atoms with E-state index in [4.69, 9.17) is 0 Å². The molecule has 0 fully saturated rings. The molecule has 5 heteroatoms. The number of nitrogens with one attached hydrogen (secondary N) is 1. The van der Waals surface area contributed by atoms with Gasteiger partial charge in [-0.2, -0.15) is 0 Å². The summed E-state index contributed by atoms with van der Waals surface area (Å²) in [6.07, 6.45) is 3.87. The van der Waals surface area contributed by atoms with Crippen LogP contribution in [0.4, 0.5) is 0 Å². The Labute approximate surface area is 125 Å². The Morgan fingerprint density at radius 1 is 1.40 bits per heavy atom. The monoisotopic (exact) mass is 292 g/mol. The highest BCUT2D eigenvalue weighted by atomic mass is 32.1. The number of imidazole rings is 1. The van der Waals surface area contributed by atoms with E-state index in [9.17, 15) is 0 Å².